The molecular weight excluding hydrogens is 374 g/mol. The van der Waals surface area contributed by atoms with Gasteiger partial charge in [0.05, 0.1) is 5.92 Å². The lowest BCUT2D eigenvalue weighted by Gasteiger charge is -2.32. The van der Waals surface area contributed by atoms with Gasteiger partial charge in [-0.1, -0.05) is 0 Å². The van der Waals surface area contributed by atoms with Crippen LogP contribution in [0.5, 0.6) is 0 Å². The van der Waals surface area contributed by atoms with E-state index in [0.717, 1.165) is 4.90 Å². The van der Waals surface area contributed by atoms with Gasteiger partial charge in [0, 0.05) is 13.1 Å². The van der Waals surface area contributed by atoms with Crippen LogP contribution in [0.2, 0.25) is 0 Å². The van der Waals surface area contributed by atoms with Gasteiger partial charge in [-0.15, -0.1) is 0 Å². The first-order valence-corrected chi connectivity index (χ1v) is 8.95. The van der Waals surface area contributed by atoms with Crippen molar-refractivity contribution in [2.24, 2.45) is 5.92 Å². The molecule has 11 nitrogen and oxygen atoms in total. The molecule has 0 bridgehead atoms. The minimum Gasteiger partial charge on any atom is -0.480 e. The largest absolute Gasteiger partial charge is 0.480 e. The van der Waals surface area contributed by atoms with E-state index in [1.54, 1.807) is 20.8 Å². The molecule has 0 aliphatic carbocycles. The van der Waals surface area contributed by atoms with Crippen LogP contribution in [0.25, 0.3) is 0 Å². The van der Waals surface area contributed by atoms with Crippen molar-refractivity contribution in [1.29, 1.82) is 0 Å². The molecule has 2 fully saturated rings. The van der Waals surface area contributed by atoms with Gasteiger partial charge in [-0.2, -0.15) is 0 Å². The zero-order chi connectivity index (χ0) is 21.2. The Kier molecular flexibility index (Phi) is 6.15. The smallest absolute Gasteiger partial charge is 0.408 e. The lowest BCUT2D eigenvalue weighted by atomic mass is 9.97. The first-order valence-electron chi connectivity index (χ1n) is 8.95. The van der Waals surface area contributed by atoms with Gasteiger partial charge in [0.1, 0.15) is 12.1 Å². The third-order valence-electron chi connectivity index (χ3n) is 4.48. The van der Waals surface area contributed by atoms with Gasteiger partial charge in [0.15, 0.2) is 12.1 Å². The van der Waals surface area contributed by atoms with Crippen LogP contribution in [0, 0.1) is 5.92 Å². The van der Waals surface area contributed by atoms with E-state index in [2.05, 4.69) is 5.32 Å². The van der Waals surface area contributed by atoms with Crippen LogP contribution >= 0.6 is 0 Å². The summed E-state index contributed by atoms with van der Waals surface area (Å²) in [6.45, 7) is 5.22. The quantitative estimate of drug-likeness (QED) is 0.523. The number of aliphatic carboxylic acids is 2. The first-order chi connectivity index (χ1) is 12.9. The van der Waals surface area contributed by atoms with E-state index >= 15 is 0 Å². The minimum atomic E-state index is -1.37. The first kappa shape index (κ1) is 21.5. The molecule has 2 heterocycles. The average Bonchev–Trinajstić information content (AvgIpc) is 3.34. The highest BCUT2D eigenvalue weighted by Crippen LogP contribution is 2.33. The van der Waals surface area contributed by atoms with Crippen LogP contribution in [0.3, 0.4) is 0 Å². The molecule has 3 amide bonds. The van der Waals surface area contributed by atoms with Crippen molar-refractivity contribution in [2.75, 3.05) is 19.6 Å². The molecule has 0 spiro atoms. The SMILES string of the molecule is CC(C)(C)OC(=O)NCC(=O)N1CCC[C@H](C(=O)N2[C@H](C(=O)O)[C@H]2C(=O)O)C1. The van der Waals surface area contributed by atoms with Crippen LogP contribution in [0.1, 0.15) is 33.6 Å². The molecular formula is C17H25N3O8. The molecule has 2 aliphatic heterocycles. The van der Waals surface area contributed by atoms with Crippen molar-refractivity contribution in [1.82, 2.24) is 15.1 Å². The lowest BCUT2D eigenvalue weighted by molar-refractivity contribution is -0.143. The molecule has 2 rings (SSSR count). The van der Waals surface area contributed by atoms with Crippen molar-refractivity contribution in [2.45, 2.75) is 51.3 Å². The maximum atomic E-state index is 12.6. The number of rotatable bonds is 5. The highest BCUT2D eigenvalue weighted by molar-refractivity contribution is 6.00. The number of carboxylic acids is 2. The Balaban J connectivity index is 1.90. The summed E-state index contributed by atoms with van der Waals surface area (Å²) in [6, 6.07) is -2.74. The molecule has 11 heteroatoms. The van der Waals surface area contributed by atoms with Crippen molar-refractivity contribution >= 4 is 29.8 Å². The molecule has 0 aromatic rings. The second-order valence-electron chi connectivity index (χ2n) is 7.85. The molecule has 2 saturated heterocycles. The Morgan fingerprint density at radius 2 is 1.64 bits per heavy atom. The number of likely N-dealkylation sites (tertiary alicyclic amines) is 1. The summed E-state index contributed by atoms with van der Waals surface area (Å²) in [5.74, 6) is -4.40. The van der Waals surface area contributed by atoms with Crippen molar-refractivity contribution < 1.29 is 38.9 Å². The Bertz CT molecular complexity index is 666. The zero-order valence-electron chi connectivity index (χ0n) is 16.0. The zero-order valence-corrected chi connectivity index (χ0v) is 16.0. The maximum absolute atomic E-state index is 12.6. The fourth-order valence-electron chi connectivity index (χ4n) is 3.20. The van der Waals surface area contributed by atoms with Crippen LogP contribution in [0.15, 0.2) is 0 Å². The predicted molar refractivity (Wildman–Crippen MR) is 93.2 cm³/mol. The Morgan fingerprint density at radius 1 is 1.07 bits per heavy atom. The summed E-state index contributed by atoms with van der Waals surface area (Å²) in [4.78, 5) is 61.0. The molecule has 3 atom stereocenters. The average molecular weight is 399 g/mol. The number of carbonyl (C=O) groups excluding carboxylic acids is 3. The lowest BCUT2D eigenvalue weighted by Crippen LogP contribution is -2.48. The molecule has 2 aliphatic rings. The normalized spacial score (nSPS) is 24.3. The van der Waals surface area contributed by atoms with Crippen LogP contribution in [0.4, 0.5) is 4.79 Å². The van der Waals surface area contributed by atoms with Crippen LogP contribution in [-0.2, 0) is 23.9 Å². The number of alkyl carbamates (subject to hydrolysis) is 1. The van der Waals surface area contributed by atoms with E-state index in [4.69, 9.17) is 14.9 Å². The second kappa shape index (κ2) is 8.03. The molecule has 156 valence electrons. The number of nitrogens with one attached hydrogen (secondary N) is 1. The van der Waals surface area contributed by atoms with Crippen LogP contribution in [-0.4, -0.2) is 87.2 Å². The number of ether oxygens (including phenoxy) is 1. The summed E-state index contributed by atoms with van der Waals surface area (Å²) in [5, 5.41) is 20.5. The van der Waals surface area contributed by atoms with E-state index in [9.17, 15) is 24.0 Å². The molecule has 0 aromatic heterocycles. The summed E-state index contributed by atoms with van der Waals surface area (Å²) in [6.07, 6.45) is 0.206. The number of carbonyl (C=O) groups is 5. The Labute approximate surface area is 161 Å². The van der Waals surface area contributed by atoms with Gasteiger partial charge in [0.25, 0.3) is 0 Å². The van der Waals surface area contributed by atoms with Gasteiger partial charge in [-0.05, 0) is 33.6 Å². The Morgan fingerprint density at radius 3 is 2.14 bits per heavy atom. The number of amides is 3. The molecule has 0 saturated carbocycles. The van der Waals surface area contributed by atoms with Gasteiger partial charge in [-0.25, -0.2) is 14.4 Å². The van der Waals surface area contributed by atoms with E-state index in [1.165, 1.54) is 4.90 Å². The molecule has 3 N–H and O–H groups in total. The molecule has 0 unspecified atom stereocenters. The third kappa shape index (κ3) is 5.11. The molecule has 0 aromatic carbocycles. The van der Waals surface area contributed by atoms with E-state index < -0.39 is 53.4 Å². The fraction of sp³-hybridized carbons (Fsp3) is 0.706. The van der Waals surface area contributed by atoms with Crippen molar-refractivity contribution in [3.05, 3.63) is 0 Å². The van der Waals surface area contributed by atoms with Crippen LogP contribution < -0.4 is 5.32 Å². The summed E-state index contributed by atoms with van der Waals surface area (Å²) < 4.78 is 5.05. The Hall–Kier alpha value is -2.85. The van der Waals surface area contributed by atoms with E-state index in [-0.39, 0.29) is 13.1 Å². The third-order valence-corrected chi connectivity index (χ3v) is 4.48. The van der Waals surface area contributed by atoms with Crippen molar-refractivity contribution in [3.8, 4) is 0 Å². The van der Waals surface area contributed by atoms with Gasteiger partial charge in [-0.3, -0.25) is 9.59 Å². The second-order valence-corrected chi connectivity index (χ2v) is 7.85. The molecule has 28 heavy (non-hydrogen) atoms. The number of hydrogen-bond acceptors (Lipinski definition) is 6. The monoisotopic (exact) mass is 399 g/mol. The van der Waals surface area contributed by atoms with E-state index in [1.807, 2.05) is 0 Å². The van der Waals surface area contributed by atoms with Gasteiger partial charge in [0.2, 0.25) is 11.8 Å². The standard InChI is InChI=1S/C17H25N3O8/c1-17(2,3)28-16(27)18-7-10(21)19-6-4-5-9(8-19)13(22)20-11(14(23)24)12(20)15(25)26/h9,11-12H,4-8H2,1-3H3,(H,18,27)(H,23,24)(H,25,26)/t9-,11-,12-/m0/s1. The minimum absolute atomic E-state index is 0.0445. The predicted octanol–water partition coefficient (Wildman–Crippen LogP) is -0.502. The summed E-state index contributed by atoms with van der Waals surface area (Å²) >= 11 is 0. The maximum Gasteiger partial charge on any atom is 0.408 e. The topological polar surface area (TPSA) is 153 Å². The number of carboxylic acid groups (broad SMARTS) is 2. The number of hydrogen-bond donors (Lipinski definition) is 3. The molecule has 0 radical (unpaired) electrons. The van der Waals surface area contributed by atoms with E-state index in [0.29, 0.717) is 19.4 Å². The van der Waals surface area contributed by atoms with Crippen molar-refractivity contribution in [3.63, 3.8) is 0 Å². The highest BCUT2D eigenvalue weighted by Gasteiger charge is 2.61. The summed E-state index contributed by atoms with van der Waals surface area (Å²) in [7, 11) is 0. The van der Waals surface area contributed by atoms with Gasteiger partial charge < -0.3 is 30.1 Å². The van der Waals surface area contributed by atoms with Gasteiger partial charge >= 0.3 is 18.0 Å². The fourth-order valence-corrected chi connectivity index (χ4v) is 3.20. The number of nitrogens with zero attached hydrogens (tertiary/aromatic N) is 2. The number of piperidine rings is 1. The highest BCUT2D eigenvalue weighted by atomic mass is 16.6. The summed E-state index contributed by atoms with van der Waals surface area (Å²) in [5.41, 5.74) is -0.699.